The van der Waals surface area contributed by atoms with Crippen LogP contribution in [0.3, 0.4) is 0 Å². The Morgan fingerprint density at radius 3 is 2.71 bits per heavy atom. The molecule has 0 radical (unpaired) electrons. The van der Waals surface area contributed by atoms with E-state index in [9.17, 15) is 9.59 Å². The Kier molecular flexibility index (Phi) is 3.01. The van der Waals surface area contributed by atoms with Gasteiger partial charge in [0, 0.05) is 11.8 Å². The third-order valence-electron chi connectivity index (χ3n) is 1.91. The van der Waals surface area contributed by atoms with E-state index < -0.39 is 5.97 Å². The maximum Gasteiger partial charge on any atom is 0.323 e. The first-order chi connectivity index (χ1) is 6.54. The highest BCUT2D eigenvalue weighted by Crippen LogP contribution is 1.95. The van der Waals surface area contributed by atoms with E-state index in [2.05, 4.69) is 4.98 Å². The second kappa shape index (κ2) is 4.04. The van der Waals surface area contributed by atoms with Crippen molar-refractivity contribution in [3.8, 4) is 0 Å². The van der Waals surface area contributed by atoms with Crippen LogP contribution in [-0.2, 0) is 17.8 Å². The third-order valence-corrected chi connectivity index (χ3v) is 1.91. The van der Waals surface area contributed by atoms with E-state index in [-0.39, 0.29) is 12.1 Å². The Labute approximate surface area is 81.0 Å². The predicted octanol–water partition coefficient (Wildman–Crippen LogP) is 0.199. The van der Waals surface area contributed by atoms with Crippen LogP contribution in [0.5, 0.6) is 0 Å². The van der Waals surface area contributed by atoms with E-state index in [0.717, 1.165) is 4.57 Å². The van der Waals surface area contributed by atoms with E-state index in [0.29, 0.717) is 17.9 Å². The Morgan fingerprint density at radius 2 is 2.29 bits per heavy atom. The number of nitrogens with zero attached hydrogens (tertiary/aromatic N) is 2. The molecule has 0 aromatic carbocycles. The molecular weight excluding hydrogens is 184 g/mol. The van der Waals surface area contributed by atoms with Gasteiger partial charge in [0.1, 0.15) is 12.4 Å². The van der Waals surface area contributed by atoms with Crippen LogP contribution in [0.4, 0.5) is 0 Å². The number of hydrogen-bond acceptors (Lipinski definition) is 3. The highest BCUT2D eigenvalue weighted by Gasteiger charge is 2.06. The Morgan fingerprint density at radius 1 is 1.64 bits per heavy atom. The lowest BCUT2D eigenvalue weighted by Gasteiger charge is -2.06. The summed E-state index contributed by atoms with van der Waals surface area (Å²) in [5, 5.41) is 8.55. The van der Waals surface area contributed by atoms with Gasteiger partial charge in [-0.15, -0.1) is 0 Å². The molecule has 0 amide bonds. The summed E-state index contributed by atoms with van der Waals surface area (Å²) in [6, 6.07) is 1.37. The molecule has 1 N–H and O–H groups in total. The molecule has 0 unspecified atom stereocenters. The van der Waals surface area contributed by atoms with Gasteiger partial charge < -0.3 is 5.11 Å². The summed E-state index contributed by atoms with van der Waals surface area (Å²) in [5.41, 5.74) is 0.380. The lowest BCUT2D eigenvalue weighted by atomic mass is 10.3. The van der Waals surface area contributed by atoms with Crippen molar-refractivity contribution >= 4 is 5.97 Å². The molecule has 0 aliphatic heterocycles. The zero-order chi connectivity index (χ0) is 10.7. The topological polar surface area (TPSA) is 72.2 Å². The first-order valence-corrected chi connectivity index (χ1v) is 4.33. The molecule has 0 saturated heterocycles. The monoisotopic (exact) mass is 196 g/mol. The minimum Gasteiger partial charge on any atom is -0.480 e. The van der Waals surface area contributed by atoms with Crippen LogP contribution < -0.4 is 5.56 Å². The third kappa shape index (κ3) is 2.18. The van der Waals surface area contributed by atoms with Crippen molar-refractivity contribution in [3.05, 3.63) is 27.9 Å². The molecule has 1 rings (SSSR count). The molecule has 1 aromatic heterocycles. The van der Waals surface area contributed by atoms with Crippen LogP contribution in [0.2, 0.25) is 0 Å². The van der Waals surface area contributed by atoms with Crippen molar-refractivity contribution in [2.75, 3.05) is 0 Å². The molecule has 1 aromatic rings. The van der Waals surface area contributed by atoms with Gasteiger partial charge in [-0.1, -0.05) is 6.92 Å². The smallest absolute Gasteiger partial charge is 0.323 e. The first-order valence-electron chi connectivity index (χ1n) is 4.33. The average Bonchev–Trinajstić information content (AvgIpc) is 2.10. The second-order valence-corrected chi connectivity index (χ2v) is 2.97. The van der Waals surface area contributed by atoms with Crippen molar-refractivity contribution < 1.29 is 9.90 Å². The summed E-state index contributed by atoms with van der Waals surface area (Å²) in [5.74, 6) is -0.599. The SMILES string of the molecule is CCc1cc(=O)n(CC(=O)O)c(C)n1. The number of aromatic nitrogens is 2. The number of aryl methyl sites for hydroxylation is 2. The molecule has 0 bridgehead atoms. The van der Waals surface area contributed by atoms with Gasteiger partial charge in [0.05, 0.1) is 0 Å². The molecule has 76 valence electrons. The van der Waals surface area contributed by atoms with E-state index in [4.69, 9.17) is 5.11 Å². The van der Waals surface area contributed by atoms with Crippen molar-refractivity contribution in [1.82, 2.24) is 9.55 Å². The molecule has 5 nitrogen and oxygen atoms in total. The van der Waals surface area contributed by atoms with Crippen molar-refractivity contribution in [2.24, 2.45) is 0 Å². The van der Waals surface area contributed by atoms with E-state index in [1.165, 1.54) is 6.07 Å². The maximum absolute atomic E-state index is 11.4. The van der Waals surface area contributed by atoms with Gasteiger partial charge in [0.25, 0.3) is 5.56 Å². The summed E-state index contributed by atoms with van der Waals surface area (Å²) in [6.07, 6.45) is 0.671. The normalized spacial score (nSPS) is 10.1. The highest BCUT2D eigenvalue weighted by atomic mass is 16.4. The number of carboxylic acids is 1. The fourth-order valence-electron chi connectivity index (χ4n) is 1.19. The molecule has 5 heteroatoms. The molecule has 0 fully saturated rings. The summed E-state index contributed by atoms with van der Waals surface area (Å²) in [6.45, 7) is 3.19. The van der Waals surface area contributed by atoms with Crippen LogP contribution in [0, 0.1) is 6.92 Å². The highest BCUT2D eigenvalue weighted by molar-refractivity contribution is 5.66. The Balaban J connectivity index is 3.18. The molecule has 0 aliphatic rings. The predicted molar refractivity (Wildman–Crippen MR) is 50.2 cm³/mol. The largest absolute Gasteiger partial charge is 0.480 e. The number of aliphatic carboxylic acids is 1. The van der Waals surface area contributed by atoms with Crippen molar-refractivity contribution in [3.63, 3.8) is 0 Å². The molecule has 0 spiro atoms. The standard InChI is InChI=1S/C9H12N2O3/c1-3-7-4-8(12)11(5-9(13)14)6(2)10-7/h4H,3,5H2,1-2H3,(H,13,14). The van der Waals surface area contributed by atoms with Gasteiger partial charge in [-0.2, -0.15) is 0 Å². The second-order valence-electron chi connectivity index (χ2n) is 2.97. The Bertz CT molecular complexity index is 409. The number of rotatable bonds is 3. The minimum absolute atomic E-state index is 0.309. The zero-order valence-corrected chi connectivity index (χ0v) is 8.15. The van der Waals surface area contributed by atoms with Crippen LogP contribution in [0.15, 0.2) is 10.9 Å². The quantitative estimate of drug-likeness (QED) is 0.749. The Hall–Kier alpha value is -1.65. The maximum atomic E-state index is 11.4. The fraction of sp³-hybridized carbons (Fsp3) is 0.444. The summed E-state index contributed by atoms with van der Waals surface area (Å²) in [4.78, 5) is 26.0. The summed E-state index contributed by atoms with van der Waals surface area (Å²) >= 11 is 0. The molecule has 0 aliphatic carbocycles. The molecular formula is C9H12N2O3. The van der Waals surface area contributed by atoms with Gasteiger partial charge in [-0.25, -0.2) is 4.98 Å². The van der Waals surface area contributed by atoms with Crippen LogP contribution >= 0.6 is 0 Å². The van der Waals surface area contributed by atoms with Gasteiger partial charge in [0.15, 0.2) is 0 Å². The molecule has 14 heavy (non-hydrogen) atoms. The zero-order valence-electron chi connectivity index (χ0n) is 8.15. The number of carboxylic acid groups (broad SMARTS) is 1. The van der Waals surface area contributed by atoms with Crippen molar-refractivity contribution in [2.45, 2.75) is 26.8 Å². The van der Waals surface area contributed by atoms with E-state index in [1.54, 1.807) is 6.92 Å². The first kappa shape index (κ1) is 10.4. The molecule has 0 saturated carbocycles. The number of carbonyl (C=O) groups is 1. The van der Waals surface area contributed by atoms with Gasteiger partial charge in [0.2, 0.25) is 0 Å². The molecule has 1 heterocycles. The van der Waals surface area contributed by atoms with E-state index in [1.807, 2.05) is 6.92 Å². The van der Waals surface area contributed by atoms with Crippen molar-refractivity contribution in [1.29, 1.82) is 0 Å². The van der Waals surface area contributed by atoms with Crippen LogP contribution in [0.1, 0.15) is 18.4 Å². The summed E-state index contributed by atoms with van der Waals surface area (Å²) < 4.78 is 1.14. The van der Waals surface area contributed by atoms with Gasteiger partial charge in [-0.3, -0.25) is 14.2 Å². The van der Waals surface area contributed by atoms with Gasteiger partial charge in [-0.05, 0) is 13.3 Å². The lowest BCUT2D eigenvalue weighted by molar-refractivity contribution is -0.137. The minimum atomic E-state index is -1.04. The molecule has 0 atom stereocenters. The van der Waals surface area contributed by atoms with Crippen LogP contribution in [-0.4, -0.2) is 20.6 Å². The average molecular weight is 196 g/mol. The summed E-state index contributed by atoms with van der Waals surface area (Å²) in [7, 11) is 0. The van der Waals surface area contributed by atoms with Gasteiger partial charge >= 0.3 is 5.97 Å². The lowest BCUT2D eigenvalue weighted by Crippen LogP contribution is -2.27. The van der Waals surface area contributed by atoms with Crippen LogP contribution in [0.25, 0.3) is 0 Å². The number of hydrogen-bond donors (Lipinski definition) is 1. The van der Waals surface area contributed by atoms with E-state index >= 15 is 0 Å². The fourth-order valence-corrected chi connectivity index (χ4v) is 1.19.